The van der Waals surface area contributed by atoms with E-state index in [-0.39, 0.29) is 11.6 Å². The van der Waals surface area contributed by atoms with E-state index in [1.54, 1.807) is 6.20 Å². The van der Waals surface area contributed by atoms with Gasteiger partial charge in [0, 0.05) is 36.2 Å². The predicted octanol–water partition coefficient (Wildman–Crippen LogP) is 5.28. The summed E-state index contributed by atoms with van der Waals surface area (Å²) in [5.41, 5.74) is 5.18. The minimum atomic E-state index is -0.0875. The second-order valence-electron chi connectivity index (χ2n) is 9.40. The molecule has 33 heavy (non-hydrogen) atoms. The van der Waals surface area contributed by atoms with E-state index in [1.807, 2.05) is 41.3 Å². The number of fused-ring (bicyclic) bond motifs is 1. The molecule has 1 aromatic carbocycles. The van der Waals surface area contributed by atoms with Gasteiger partial charge in [0.05, 0.1) is 36.2 Å². The Kier molecular flexibility index (Phi) is 5.39. The lowest BCUT2D eigenvalue weighted by Gasteiger charge is -2.23. The third-order valence-electron chi connectivity index (χ3n) is 5.99. The molecule has 5 rings (SSSR count). The van der Waals surface area contributed by atoms with Crippen LogP contribution in [0.2, 0.25) is 0 Å². The Hall–Kier alpha value is -3.63. The summed E-state index contributed by atoms with van der Waals surface area (Å²) in [5.74, 6) is 0.628. The quantitative estimate of drug-likeness (QED) is 0.466. The highest BCUT2D eigenvalue weighted by atomic mass is 16.5. The van der Waals surface area contributed by atoms with Crippen LogP contribution in [-0.2, 0) is 10.3 Å². The van der Waals surface area contributed by atoms with E-state index in [1.165, 1.54) is 0 Å². The second-order valence-corrected chi connectivity index (χ2v) is 9.40. The van der Waals surface area contributed by atoms with Crippen molar-refractivity contribution in [2.45, 2.75) is 45.3 Å². The lowest BCUT2D eigenvalue weighted by atomic mass is 10.0. The summed E-state index contributed by atoms with van der Waals surface area (Å²) in [6, 6.07) is 12.2. The van der Waals surface area contributed by atoms with Crippen LogP contribution in [0.3, 0.4) is 0 Å². The Balaban J connectivity index is 1.49. The van der Waals surface area contributed by atoms with Gasteiger partial charge in [-0.3, -0.25) is 4.68 Å². The lowest BCUT2D eigenvalue weighted by Crippen LogP contribution is -2.26. The highest BCUT2D eigenvalue weighted by Crippen LogP contribution is 2.34. The molecule has 0 spiro atoms. The molecule has 0 bridgehead atoms. The molecule has 0 atom stereocenters. The Bertz CT molecular complexity index is 1330. The number of aromatic amines is 1. The van der Waals surface area contributed by atoms with Crippen molar-refractivity contribution in [3.63, 3.8) is 0 Å². The van der Waals surface area contributed by atoms with E-state index in [9.17, 15) is 5.26 Å². The van der Waals surface area contributed by atoms with Crippen molar-refractivity contribution < 1.29 is 9.47 Å². The summed E-state index contributed by atoms with van der Waals surface area (Å²) in [6.45, 7) is 7.76. The minimum Gasteiger partial charge on any atom is -0.489 e. The van der Waals surface area contributed by atoms with Gasteiger partial charge < -0.3 is 14.5 Å². The first kappa shape index (κ1) is 21.2. The Morgan fingerprint density at radius 1 is 1.15 bits per heavy atom. The van der Waals surface area contributed by atoms with Crippen LogP contribution < -0.4 is 4.74 Å². The Morgan fingerprint density at radius 3 is 2.70 bits per heavy atom. The van der Waals surface area contributed by atoms with Gasteiger partial charge >= 0.3 is 0 Å². The smallest absolute Gasteiger partial charge is 0.138 e. The zero-order chi connectivity index (χ0) is 23.0. The standard InChI is InChI=1S/C26H27N5O2/c1-26(2,3)31-16-19(15-29-31)23-13-22-21(6-9-28-25(22)30-23)17-4-5-24(18(12-17)14-27)33-20-7-10-32-11-8-20/h4-6,9,12-13,15-16,20H,7-8,10-11H2,1-3H3,(H,28,30). The summed E-state index contributed by atoms with van der Waals surface area (Å²) in [4.78, 5) is 7.94. The molecule has 7 heteroatoms. The van der Waals surface area contributed by atoms with Gasteiger partial charge in [0.2, 0.25) is 0 Å². The molecule has 168 valence electrons. The van der Waals surface area contributed by atoms with Gasteiger partial charge in [-0.05, 0) is 56.2 Å². The summed E-state index contributed by atoms with van der Waals surface area (Å²) in [6.07, 6.45) is 7.47. The molecule has 1 aliphatic rings. The van der Waals surface area contributed by atoms with E-state index in [2.05, 4.69) is 48.0 Å². The number of hydrogen-bond acceptors (Lipinski definition) is 5. The van der Waals surface area contributed by atoms with Crippen molar-refractivity contribution in [2.75, 3.05) is 13.2 Å². The number of ether oxygens (including phenoxy) is 2. The number of H-pyrrole nitrogens is 1. The third-order valence-corrected chi connectivity index (χ3v) is 5.99. The number of rotatable bonds is 4. The van der Waals surface area contributed by atoms with E-state index < -0.39 is 0 Å². The number of nitrogens with one attached hydrogen (secondary N) is 1. The summed E-state index contributed by atoms with van der Waals surface area (Å²) in [7, 11) is 0. The molecule has 3 aromatic heterocycles. The van der Waals surface area contributed by atoms with Crippen LogP contribution >= 0.6 is 0 Å². The summed E-state index contributed by atoms with van der Waals surface area (Å²) in [5, 5.41) is 15.3. The second kappa shape index (κ2) is 8.38. The third kappa shape index (κ3) is 4.22. The van der Waals surface area contributed by atoms with Crippen molar-refractivity contribution in [1.82, 2.24) is 19.7 Å². The van der Waals surface area contributed by atoms with Gasteiger partial charge in [-0.2, -0.15) is 10.4 Å². The first-order valence-electron chi connectivity index (χ1n) is 11.2. The van der Waals surface area contributed by atoms with Crippen LogP contribution in [0.1, 0.15) is 39.2 Å². The molecule has 1 aliphatic heterocycles. The average Bonchev–Trinajstić information content (AvgIpc) is 3.47. The minimum absolute atomic E-state index is 0.0875. The van der Waals surface area contributed by atoms with Crippen molar-refractivity contribution >= 4 is 11.0 Å². The fraction of sp³-hybridized carbons (Fsp3) is 0.346. The lowest BCUT2D eigenvalue weighted by molar-refractivity contribution is 0.0254. The summed E-state index contributed by atoms with van der Waals surface area (Å²) < 4.78 is 13.5. The largest absolute Gasteiger partial charge is 0.489 e. The zero-order valence-electron chi connectivity index (χ0n) is 19.1. The Morgan fingerprint density at radius 2 is 1.97 bits per heavy atom. The van der Waals surface area contributed by atoms with Crippen LogP contribution in [0, 0.1) is 11.3 Å². The molecule has 1 fully saturated rings. The number of nitrogens with zero attached hydrogens (tertiary/aromatic N) is 4. The van der Waals surface area contributed by atoms with E-state index in [4.69, 9.17) is 9.47 Å². The number of hydrogen-bond donors (Lipinski definition) is 1. The van der Waals surface area contributed by atoms with Gasteiger partial charge in [0.1, 0.15) is 23.6 Å². The van der Waals surface area contributed by atoms with Gasteiger partial charge in [-0.1, -0.05) is 6.07 Å². The maximum Gasteiger partial charge on any atom is 0.138 e. The molecule has 4 aromatic rings. The van der Waals surface area contributed by atoms with Crippen LogP contribution in [0.4, 0.5) is 0 Å². The summed E-state index contributed by atoms with van der Waals surface area (Å²) >= 11 is 0. The monoisotopic (exact) mass is 441 g/mol. The predicted molar refractivity (Wildman–Crippen MR) is 127 cm³/mol. The van der Waals surface area contributed by atoms with Crippen LogP contribution in [-0.4, -0.2) is 39.1 Å². The molecule has 0 aliphatic carbocycles. The first-order valence-corrected chi connectivity index (χ1v) is 11.2. The highest BCUT2D eigenvalue weighted by molar-refractivity contribution is 5.96. The van der Waals surface area contributed by atoms with Crippen molar-refractivity contribution in [3.8, 4) is 34.2 Å². The maximum absolute atomic E-state index is 9.77. The first-order chi connectivity index (χ1) is 15.9. The molecule has 0 radical (unpaired) electrons. The molecule has 7 nitrogen and oxygen atoms in total. The molecule has 0 saturated carbocycles. The highest BCUT2D eigenvalue weighted by Gasteiger charge is 2.19. The fourth-order valence-electron chi connectivity index (χ4n) is 4.12. The van der Waals surface area contributed by atoms with Crippen molar-refractivity contribution in [2.24, 2.45) is 0 Å². The number of benzene rings is 1. The number of pyridine rings is 1. The molecule has 0 unspecified atom stereocenters. The van der Waals surface area contributed by atoms with Gasteiger partial charge in [-0.15, -0.1) is 0 Å². The van der Waals surface area contributed by atoms with Gasteiger partial charge in [0.25, 0.3) is 0 Å². The molecule has 0 amide bonds. The van der Waals surface area contributed by atoms with Crippen molar-refractivity contribution in [1.29, 1.82) is 5.26 Å². The molecule has 1 N–H and O–H groups in total. The van der Waals surface area contributed by atoms with Crippen LogP contribution in [0.5, 0.6) is 5.75 Å². The van der Waals surface area contributed by atoms with E-state index >= 15 is 0 Å². The van der Waals surface area contributed by atoms with Crippen LogP contribution in [0.15, 0.2) is 48.9 Å². The molecular formula is C26H27N5O2. The zero-order valence-corrected chi connectivity index (χ0v) is 19.1. The number of aromatic nitrogens is 4. The normalized spacial score (nSPS) is 15.0. The Labute approximate surface area is 193 Å². The molecule has 4 heterocycles. The van der Waals surface area contributed by atoms with E-state index in [0.717, 1.165) is 46.3 Å². The SMILES string of the molecule is CC(C)(C)n1cc(-c2cc3c(-c4ccc(OC5CCOCC5)c(C#N)c4)ccnc3[nH]2)cn1. The van der Waals surface area contributed by atoms with Crippen molar-refractivity contribution in [3.05, 3.63) is 54.5 Å². The average molecular weight is 442 g/mol. The molecular weight excluding hydrogens is 414 g/mol. The van der Waals surface area contributed by atoms with Gasteiger partial charge in [-0.25, -0.2) is 4.98 Å². The topological polar surface area (TPSA) is 88.8 Å². The van der Waals surface area contributed by atoms with E-state index in [0.29, 0.717) is 24.5 Å². The number of nitriles is 1. The molecule has 1 saturated heterocycles. The van der Waals surface area contributed by atoms with Gasteiger partial charge in [0.15, 0.2) is 0 Å². The van der Waals surface area contributed by atoms with Crippen LogP contribution in [0.25, 0.3) is 33.4 Å². The maximum atomic E-state index is 9.77. The fourth-order valence-corrected chi connectivity index (χ4v) is 4.12.